The molecule has 6 nitrogen and oxygen atoms in total. The molecule has 0 bridgehead atoms. The fourth-order valence-corrected chi connectivity index (χ4v) is 2.02. The van der Waals surface area contributed by atoms with Crippen molar-refractivity contribution in [2.45, 2.75) is 25.7 Å². The van der Waals surface area contributed by atoms with E-state index in [1.54, 1.807) is 18.2 Å². The highest BCUT2D eigenvalue weighted by atomic mass is 16.3. The number of nitrogens with one attached hydrogen (secondary N) is 2. The van der Waals surface area contributed by atoms with E-state index in [9.17, 15) is 19.8 Å². The maximum Gasteiger partial charge on any atom is 0.251 e. The second-order valence-electron chi connectivity index (χ2n) is 4.55. The number of rotatable bonds is 4. The van der Waals surface area contributed by atoms with Crippen LogP contribution in [0.3, 0.4) is 0 Å². The smallest absolute Gasteiger partial charge is 0.251 e. The van der Waals surface area contributed by atoms with E-state index in [0.29, 0.717) is 17.7 Å². The van der Waals surface area contributed by atoms with Crippen molar-refractivity contribution in [2.24, 2.45) is 0 Å². The fourth-order valence-electron chi connectivity index (χ4n) is 2.02. The molecule has 6 heteroatoms. The van der Waals surface area contributed by atoms with Gasteiger partial charge in [0.15, 0.2) is 0 Å². The minimum Gasteiger partial charge on any atom is -0.388 e. The molecule has 0 spiro atoms. The number of amides is 2. The number of aliphatic hydroxyl groups excluding tert-OH is 2. The van der Waals surface area contributed by atoms with E-state index in [0.717, 1.165) is 5.56 Å². The Morgan fingerprint density at radius 2 is 2.21 bits per heavy atom. The van der Waals surface area contributed by atoms with Crippen LogP contribution in [-0.4, -0.2) is 34.7 Å². The highest BCUT2D eigenvalue weighted by Crippen LogP contribution is 2.23. The second-order valence-corrected chi connectivity index (χ2v) is 4.55. The van der Waals surface area contributed by atoms with Crippen molar-refractivity contribution in [1.82, 2.24) is 10.6 Å². The lowest BCUT2D eigenvalue weighted by molar-refractivity contribution is -0.119. The summed E-state index contributed by atoms with van der Waals surface area (Å²) < 4.78 is 0. The summed E-state index contributed by atoms with van der Waals surface area (Å²) in [5.41, 5.74) is 1.91. The Hall–Kier alpha value is -1.92. The first-order chi connectivity index (χ1) is 8.99. The summed E-state index contributed by atoms with van der Waals surface area (Å²) in [5.74, 6) is -0.398. The lowest BCUT2D eigenvalue weighted by Gasteiger charge is -2.18. The first kappa shape index (κ1) is 13.5. The molecule has 0 saturated heterocycles. The standard InChI is InChI=1S/C13H16N2O4/c1-7(16)14-6-11(17)12(18)8-2-3-10-9(4-8)5-15-13(10)19/h2-4,11-12,17-18H,5-6H2,1H3,(H,14,16)(H,15,19). The lowest BCUT2D eigenvalue weighted by Crippen LogP contribution is -2.34. The molecule has 2 unspecified atom stereocenters. The zero-order chi connectivity index (χ0) is 14.0. The minimum atomic E-state index is -1.10. The van der Waals surface area contributed by atoms with Crippen LogP contribution in [-0.2, 0) is 11.3 Å². The van der Waals surface area contributed by atoms with Gasteiger partial charge in [-0.15, -0.1) is 0 Å². The SMILES string of the molecule is CC(=O)NCC(O)C(O)c1ccc2c(c1)CNC2=O. The Morgan fingerprint density at radius 1 is 1.47 bits per heavy atom. The first-order valence-corrected chi connectivity index (χ1v) is 6.00. The predicted octanol–water partition coefficient (Wildman–Crippen LogP) is -0.540. The Morgan fingerprint density at radius 3 is 2.89 bits per heavy atom. The number of hydrogen-bond donors (Lipinski definition) is 4. The summed E-state index contributed by atoms with van der Waals surface area (Å²) >= 11 is 0. The Labute approximate surface area is 110 Å². The number of benzene rings is 1. The molecule has 2 rings (SSSR count). The molecule has 2 atom stereocenters. The Balaban J connectivity index is 2.09. The predicted molar refractivity (Wildman–Crippen MR) is 67.3 cm³/mol. The molecule has 4 N–H and O–H groups in total. The van der Waals surface area contributed by atoms with Gasteiger partial charge in [-0.05, 0) is 17.2 Å². The van der Waals surface area contributed by atoms with Crippen molar-refractivity contribution in [1.29, 1.82) is 0 Å². The zero-order valence-corrected chi connectivity index (χ0v) is 10.5. The van der Waals surface area contributed by atoms with E-state index in [4.69, 9.17) is 0 Å². The van der Waals surface area contributed by atoms with Crippen molar-refractivity contribution < 1.29 is 19.8 Å². The van der Waals surface area contributed by atoms with Crippen LogP contribution in [0, 0.1) is 0 Å². The highest BCUT2D eigenvalue weighted by Gasteiger charge is 2.23. The molecule has 2 amide bonds. The summed E-state index contributed by atoms with van der Waals surface area (Å²) in [6.45, 7) is 1.74. The number of fused-ring (bicyclic) bond motifs is 1. The van der Waals surface area contributed by atoms with Crippen LogP contribution in [0.4, 0.5) is 0 Å². The van der Waals surface area contributed by atoms with Gasteiger partial charge >= 0.3 is 0 Å². The van der Waals surface area contributed by atoms with Crippen LogP contribution in [0.15, 0.2) is 18.2 Å². The van der Waals surface area contributed by atoms with E-state index in [1.165, 1.54) is 6.92 Å². The minimum absolute atomic E-state index is 0.0231. The molecule has 1 aliphatic heterocycles. The molecule has 0 radical (unpaired) electrons. The van der Waals surface area contributed by atoms with Crippen molar-refractivity contribution in [2.75, 3.05) is 6.54 Å². The molecular formula is C13H16N2O4. The van der Waals surface area contributed by atoms with E-state index in [-0.39, 0.29) is 18.4 Å². The van der Waals surface area contributed by atoms with Gasteiger partial charge in [0.2, 0.25) is 5.91 Å². The van der Waals surface area contributed by atoms with Gasteiger partial charge in [0.1, 0.15) is 12.2 Å². The molecule has 1 aromatic carbocycles. The lowest BCUT2D eigenvalue weighted by atomic mass is 9.99. The summed E-state index contributed by atoms with van der Waals surface area (Å²) in [5, 5.41) is 24.9. The van der Waals surface area contributed by atoms with Crippen LogP contribution in [0.25, 0.3) is 0 Å². The van der Waals surface area contributed by atoms with Gasteiger partial charge in [0.05, 0.1) is 0 Å². The second kappa shape index (κ2) is 5.38. The molecular weight excluding hydrogens is 248 g/mol. The average molecular weight is 264 g/mol. The topological polar surface area (TPSA) is 98.7 Å². The van der Waals surface area contributed by atoms with Gasteiger partial charge in [0.25, 0.3) is 5.91 Å². The molecule has 1 heterocycles. The van der Waals surface area contributed by atoms with Crippen molar-refractivity contribution in [3.05, 3.63) is 34.9 Å². The summed E-state index contributed by atoms with van der Waals surface area (Å²) in [6.07, 6.45) is -2.19. The third kappa shape index (κ3) is 2.91. The summed E-state index contributed by atoms with van der Waals surface area (Å²) in [7, 11) is 0. The Kier molecular flexibility index (Phi) is 3.82. The highest BCUT2D eigenvalue weighted by molar-refractivity contribution is 5.98. The van der Waals surface area contributed by atoms with E-state index >= 15 is 0 Å². The Bertz CT molecular complexity index is 515. The summed E-state index contributed by atoms with van der Waals surface area (Å²) in [4.78, 5) is 22.1. The molecule has 102 valence electrons. The van der Waals surface area contributed by atoms with Gasteiger partial charge in [0, 0.05) is 25.6 Å². The van der Waals surface area contributed by atoms with E-state index in [2.05, 4.69) is 10.6 Å². The zero-order valence-electron chi connectivity index (χ0n) is 10.5. The molecule has 0 saturated carbocycles. The molecule has 0 fully saturated rings. The van der Waals surface area contributed by atoms with Gasteiger partial charge in [-0.1, -0.05) is 12.1 Å². The van der Waals surface area contributed by atoms with Crippen LogP contribution in [0.1, 0.15) is 34.5 Å². The number of hydrogen-bond acceptors (Lipinski definition) is 4. The van der Waals surface area contributed by atoms with Gasteiger partial charge in [-0.25, -0.2) is 0 Å². The van der Waals surface area contributed by atoms with Crippen LogP contribution < -0.4 is 10.6 Å². The third-order valence-corrected chi connectivity index (χ3v) is 3.08. The largest absolute Gasteiger partial charge is 0.388 e. The number of aliphatic hydroxyl groups is 2. The molecule has 19 heavy (non-hydrogen) atoms. The van der Waals surface area contributed by atoms with E-state index in [1.807, 2.05) is 0 Å². The summed E-state index contributed by atoms with van der Waals surface area (Å²) in [6, 6.07) is 4.92. The van der Waals surface area contributed by atoms with Crippen molar-refractivity contribution in [3.8, 4) is 0 Å². The van der Waals surface area contributed by atoms with Crippen LogP contribution >= 0.6 is 0 Å². The van der Waals surface area contributed by atoms with Crippen molar-refractivity contribution in [3.63, 3.8) is 0 Å². The van der Waals surface area contributed by atoms with Crippen LogP contribution in [0.5, 0.6) is 0 Å². The van der Waals surface area contributed by atoms with Gasteiger partial charge < -0.3 is 20.8 Å². The monoisotopic (exact) mass is 264 g/mol. The maximum absolute atomic E-state index is 11.4. The van der Waals surface area contributed by atoms with Gasteiger partial charge in [-0.3, -0.25) is 9.59 Å². The van der Waals surface area contributed by atoms with E-state index < -0.39 is 12.2 Å². The fraction of sp³-hybridized carbons (Fsp3) is 0.385. The van der Waals surface area contributed by atoms with Crippen molar-refractivity contribution >= 4 is 11.8 Å². The third-order valence-electron chi connectivity index (χ3n) is 3.08. The molecule has 0 aliphatic carbocycles. The van der Waals surface area contributed by atoms with Gasteiger partial charge in [-0.2, -0.15) is 0 Å². The normalized spacial score (nSPS) is 16.5. The number of carbonyl (C=O) groups is 2. The quantitative estimate of drug-likeness (QED) is 0.587. The molecule has 0 aromatic heterocycles. The maximum atomic E-state index is 11.4. The average Bonchev–Trinajstić information content (AvgIpc) is 2.76. The molecule has 1 aliphatic rings. The van der Waals surface area contributed by atoms with Crippen LogP contribution in [0.2, 0.25) is 0 Å². The number of carbonyl (C=O) groups excluding carboxylic acids is 2. The molecule has 1 aromatic rings. The first-order valence-electron chi connectivity index (χ1n) is 6.00.